The lowest BCUT2D eigenvalue weighted by Gasteiger charge is -2.27. The molecule has 2 rings (SSSR count). The SMILES string of the molecule is CCC(N)(CC)CNC(=O)C1=Cc2ccccc2OC1. The van der Waals surface area contributed by atoms with Crippen molar-refractivity contribution >= 4 is 12.0 Å². The maximum Gasteiger partial charge on any atom is 0.250 e. The second kappa shape index (κ2) is 6.09. The van der Waals surface area contributed by atoms with Gasteiger partial charge in [-0.1, -0.05) is 32.0 Å². The van der Waals surface area contributed by atoms with Crippen molar-refractivity contribution in [3.63, 3.8) is 0 Å². The van der Waals surface area contributed by atoms with E-state index >= 15 is 0 Å². The van der Waals surface area contributed by atoms with Crippen LogP contribution in [0.25, 0.3) is 6.08 Å². The zero-order chi connectivity index (χ0) is 14.6. The monoisotopic (exact) mass is 274 g/mol. The second-order valence-electron chi connectivity index (χ2n) is 5.25. The summed E-state index contributed by atoms with van der Waals surface area (Å²) in [4.78, 5) is 12.2. The summed E-state index contributed by atoms with van der Waals surface area (Å²) >= 11 is 0. The molecule has 0 saturated carbocycles. The van der Waals surface area contributed by atoms with E-state index in [2.05, 4.69) is 5.32 Å². The number of nitrogens with one attached hydrogen (secondary N) is 1. The van der Waals surface area contributed by atoms with Gasteiger partial charge in [0.15, 0.2) is 0 Å². The van der Waals surface area contributed by atoms with E-state index in [1.54, 1.807) is 0 Å². The van der Waals surface area contributed by atoms with Crippen LogP contribution in [0.15, 0.2) is 29.8 Å². The molecule has 1 amide bonds. The van der Waals surface area contributed by atoms with E-state index in [0.29, 0.717) is 18.7 Å². The minimum Gasteiger partial charge on any atom is -0.488 e. The highest BCUT2D eigenvalue weighted by Gasteiger charge is 2.23. The number of ether oxygens (including phenoxy) is 1. The van der Waals surface area contributed by atoms with Crippen LogP contribution in [0.5, 0.6) is 5.75 Å². The third-order valence-corrected chi connectivity index (χ3v) is 3.93. The number of hydrogen-bond donors (Lipinski definition) is 2. The van der Waals surface area contributed by atoms with Gasteiger partial charge in [0.2, 0.25) is 0 Å². The fourth-order valence-electron chi connectivity index (χ4n) is 2.12. The smallest absolute Gasteiger partial charge is 0.250 e. The molecule has 3 N–H and O–H groups in total. The molecule has 4 nitrogen and oxygen atoms in total. The Bertz CT molecular complexity index is 519. The molecule has 1 aromatic rings. The number of carbonyl (C=O) groups is 1. The molecule has 1 aliphatic heterocycles. The van der Waals surface area contributed by atoms with Gasteiger partial charge in [0, 0.05) is 17.6 Å². The average molecular weight is 274 g/mol. The van der Waals surface area contributed by atoms with Gasteiger partial charge in [-0.15, -0.1) is 0 Å². The lowest BCUT2D eigenvalue weighted by molar-refractivity contribution is -0.118. The minimum atomic E-state index is -0.330. The Morgan fingerprint density at radius 2 is 2.05 bits per heavy atom. The Labute approximate surface area is 120 Å². The predicted molar refractivity (Wildman–Crippen MR) is 80.4 cm³/mol. The van der Waals surface area contributed by atoms with Crippen molar-refractivity contribution in [3.05, 3.63) is 35.4 Å². The van der Waals surface area contributed by atoms with Gasteiger partial charge in [-0.3, -0.25) is 4.79 Å². The van der Waals surface area contributed by atoms with Crippen LogP contribution in [-0.4, -0.2) is 24.6 Å². The van der Waals surface area contributed by atoms with Gasteiger partial charge < -0.3 is 15.8 Å². The standard InChI is InChI=1S/C16H22N2O2/c1-3-16(17,4-2)11-18-15(19)13-9-12-7-5-6-8-14(12)20-10-13/h5-9H,3-4,10-11,17H2,1-2H3,(H,18,19). The number of benzene rings is 1. The van der Waals surface area contributed by atoms with Crippen LogP contribution < -0.4 is 15.8 Å². The van der Waals surface area contributed by atoms with E-state index in [1.807, 2.05) is 44.2 Å². The molecule has 0 fully saturated rings. The van der Waals surface area contributed by atoms with E-state index in [-0.39, 0.29) is 11.4 Å². The number of para-hydroxylation sites is 1. The lowest BCUT2D eigenvalue weighted by atomic mass is 9.94. The number of fused-ring (bicyclic) bond motifs is 1. The van der Waals surface area contributed by atoms with Gasteiger partial charge >= 0.3 is 0 Å². The van der Waals surface area contributed by atoms with Gasteiger partial charge in [0.25, 0.3) is 5.91 Å². The molecular weight excluding hydrogens is 252 g/mol. The third-order valence-electron chi connectivity index (χ3n) is 3.93. The molecule has 1 heterocycles. The summed E-state index contributed by atoms with van der Waals surface area (Å²) in [5, 5.41) is 2.91. The summed E-state index contributed by atoms with van der Waals surface area (Å²) < 4.78 is 5.58. The van der Waals surface area contributed by atoms with Crippen molar-refractivity contribution in [2.24, 2.45) is 5.73 Å². The number of nitrogens with two attached hydrogens (primary N) is 1. The van der Waals surface area contributed by atoms with Gasteiger partial charge in [-0.2, -0.15) is 0 Å². The Balaban J connectivity index is 2.03. The number of hydrogen-bond acceptors (Lipinski definition) is 3. The third kappa shape index (κ3) is 3.20. The molecule has 1 aliphatic rings. The summed E-state index contributed by atoms with van der Waals surface area (Å²) in [5.41, 5.74) is 7.43. The lowest BCUT2D eigenvalue weighted by Crippen LogP contribution is -2.49. The molecule has 1 aromatic carbocycles. The first-order valence-corrected chi connectivity index (χ1v) is 7.07. The van der Waals surface area contributed by atoms with Crippen molar-refractivity contribution in [2.45, 2.75) is 32.2 Å². The van der Waals surface area contributed by atoms with Crippen molar-refractivity contribution in [1.82, 2.24) is 5.32 Å². The van der Waals surface area contributed by atoms with Gasteiger partial charge in [-0.05, 0) is 25.0 Å². The number of rotatable bonds is 5. The molecule has 0 unspecified atom stereocenters. The molecule has 0 saturated heterocycles. The topological polar surface area (TPSA) is 64.3 Å². The second-order valence-corrected chi connectivity index (χ2v) is 5.25. The van der Waals surface area contributed by atoms with E-state index < -0.39 is 0 Å². The normalized spacial score (nSPS) is 14.1. The first kappa shape index (κ1) is 14.6. The van der Waals surface area contributed by atoms with Gasteiger partial charge in [0.05, 0.1) is 5.57 Å². The molecule has 0 radical (unpaired) electrons. The van der Waals surface area contributed by atoms with E-state index in [9.17, 15) is 4.79 Å². The average Bonchev–Trinajstić information content (AvgIpc) is 2.51. The molecule has 20 heavy (non-hydrogen) atoms. The molecule has 0 spiro atoms. The van der Waals surface area contributed by atoms with Crippen LogP contribution in [0.4, 0.5) is 0 Å². The molecule has 4 heteroatoms. The van der Waals surface area contributed by atoms with Gasteiger partial charge in [0.1, 0.15) is 12.4 Å². The maximum absolute atomic E-state index is 12.2. The molecule has 0 aliphatic carbocycles. The Hall–Kier alpha value is -1.81. The van der Waals surface area contributed by atoms with Crippen LogP contribution in [-0.2, 0) is 4.79 Å². The van der Waals surface area contributed by atoms with E-state index in [1.165, 1.54) is 0 Å². The van der Waals surface area contributed by atoms with Crippen LogP contribution in [0.2, 0.25) is 0 Å². The highest BCUT2D eigenvalue weighted by molar-refractivity contribution is 5.99. The van der Waals surface area contributed by atoms with Crippen LogP contribution in [0.1, 0.15) is 32.3 Å². The Kier molecular flexibility index (Phi) is 4.45. The molecule has 0 bridgehead atoms. The highest BCUT2D eigenvalue weighted by Crippen LogP contribution is 2.25. The van der Waals surface area contributed by atoms with E-state index in [0.717, 1.165) is 24.2 Å². The van der Waals surface area contributed by atoms with Crippen LogP contribution in [0, 0.1) is 0 Å². The van der Waals surface area contributed by atoms with Crippen LogP contribution >= 0.6 is 0 Å². The first-order chi connectivity index (χ1) is 9.58. The van der Waals surface area contributed by atoms with E-state index in [4.69, 9.17) is 10.5 Å². The fraction of sp³-hybridized carbons (Fsp3) is 0.438. The quantitative estimate of drug-likeness (QED) is 0.864. The zero-order valence-corrected chi connectivity index (χ0v) is 12.1. The summed E-state index contributed by atoms with van der Waals surface area (Å²) in [6, 6.07) is 7.69. The first-order valence-electron chi connectivity index (χ1n) is 7.07. The molecule has 0 aromatic heterocycles. The Morgan fingerprint density at radius 1 is 1.35 bits per heavy atom. The highest BCUT2D eigenvalue weighted by atomic mass is 16.5. The largest absolute Gasteiger partial charge is 0.488 e. The van der Waals surface area contributed by atoms with Crippen molar-refractivity contribution in [3.8, 4) is 5.75 Å². The van der Waals surface area contributed by atoms with Crippen molar-refractivity contribution < 1.29 is 9.53 Å². The van der Waals surface area contributed by atoms with Crippen LogP contribution in [0.3, 0.4) is 0 Å². The molecule has 0 atom stereocenters. The minimum absolute atomic E-state index is 0.101. The molecule has 108 valence electrons. The van der Waals surface area contributed by atoms with Gasteiger partial charge in [-0.25, -0.2) is 0 Å². The Morgan fingerprint density at radius 3 is 2.75 bits per heavy atom. The predicted octanol–water partition coefficient (Wildman–Crippen LogP) is 2.10. The summed E-state index contributed by atoms with van der Waals surface area (Å²) in [5.74, 6) is 0.718. The maximum atomic E-state index is 12.2. The van der Waals surface area contributed by atoms with Crippen molar-refractivity contribution in [1.29, 1.82) is 0 Å². The number of carbonyl (C=O) groups excluding carboxylic acids is 1. The fourth-order valence-corrected chi connectivity index (χ4v) is 2.12. The zero-order valence-electron chi connectivity index (χ0n) is 12.1. The summed E-state index contributed by atoms with van der Waals surface area (Å²) in [7, 11) is 0. The molecular formula is C16H22N2O2. The van der Waals surface area contributed by atoms with Crippen molar-refractivity contribution in [2.75, 3.05) is 13.2 Å². The summed E-state index contributed by atoms with van der Waals surface area (Å²) in [6.45, 7) is 4.86. The summed E-state index contributed by atoms with van der Waals surface area (Å²) in [6.07, 6.45) is 3.55. The number of amides is 1.